The molecule has 0 bridgehead atoms. The Bertz CT molecular complexity index is 1000. The van der Waals surface area contributed by atoms with Gasteiger partial charge in [0.1, 0.15) is 5.52 Å². The summed E-state index contributed by atoms with van der Waals surface area (Å²) in [6, 6.07) is 13.3. The minimum absolute atomic E-state index is 0.00502. The molecule has 10 nitrogen and oxygen atoms in total. The average molecular weight is 308 g/mol. The molecule has 2 heterocycles. The molecule has 0 amide bonds. The fraction of sp³-hybridized carbons (Fsp3) is 0. The van der Waals surface area contributed by atoms with Crippen molar-refractivity contribution in [3.05, 3.63) is 58.6 Å². The summed E-state index contributed by atoms with van der Waals surface area (Å²) in [5.74, 6) is 0.340. The number of aromatic nitrogens is 7. The fourth-order valence-corrected chi connectivity index (χ4v) is 2.21. The lowest BCUT2D eigenvalue weighted by molar-refractivity contribution is -0.384. The first kappa shape index (κ1) is 13.0. The smallest absolute Gasteiger partial charge is 0.258 e. The Morgan fingerprint density at radius 1 is 0.913 bits per heavy atom. The zero-order chi connectivity index (χ0) is 15.8. The summed E-state index contributed by atoms with van der Waals surface area (Å²) in [6.07, 6.45) is 0. The van der Waals surface area contributed by atoms with Gasteiger partial charge < -0.3 is 0 Å². The Labute approximate surface area is 128 Å². The lowest BCUT2D eigenvalue weighted by Crippen LogP contribution is -2.08. The van der Waals surface area contributed by atoms with Crippen LogP contribution < -0.4 is 0 Å². The van der Waals surface area contributed by atoms with Crippen molar-refractivity contribution in [2.45, 2.75) is 0 Å². The number of fused-ring (bicyclic) bond motifs is 1. The molecule has 10 heteroatoms. The van der Waals surface area contributed by atoms with Crippen LogP contribution in [-0.2, 0) is 0 Å². The number of non-ortho nitro benzene ring substituents is 1. The maximum Gasteiger partial charge on any atom is 0.277 e. The van der Waals surface area contributed by atoms with E-state index in [0.717, 1.165) is 5.52 Å². The summed E-state index contributed by atoms with van der Waals surface area (Å²) in [7, 11) is 0. The molecule has 4 rings (SSSR count). The van der Waals surface area contributed by atoms with Crippen molar-refractivity contribution in [1.29, 1.82) is 0 Å². The van der Waals surface area contributed by atoms with Crippen molar-refractivity contribution in [1.82, 2.24) is 35.2 Å². The van der Waals surface area contributed by atoms with Crippen molar-refractivity contribution in [3.8, 4) is 11.6 Å². The number of nitro benzene ring substituents is 1. The highest BCUT2D eigenvalue weighted by molar-refractivity contribution is 5.75. The molecule has 112 valence electrons. The van der Waals surface area contributed by atoms with Crippen molar-refractivity contribution in [3.63, 3.8) is 0 Å². The maximum atomic E-state index is 10.7. The Balaban J connectivity index is 1.84. The molecule has 4 aromatic rings. The highest BCUT2D eigenvalue weighted by Gasteiger charge is 2.15. The number of benzene rings is 2. The maximum absolute atomic E-state index is 10.7. The number of tetrazole rings is 1. The van der Waals surface area contributed by atoms with Gasteiger partial charge in [0, 0.05) is 12.1 Å². The van der Waals surface area contributed by atoms with Crippen LogP contribution in [0.25, 0.3) is 22.7 Å². The molecular formula is C13H8N8O2. The van der Waals surface area contributed by atoms with Gasteiger partial charge in [-0.2, -0.15) is 9.36 Å². The van der Waals surface area contributed by atoms with Crippen LogP contribution in [0.2, 0.25) is 0 Å². The lowest BCUT2D eigenvalue weighted by atomic mass is 10.3. The van der Waals surface area contributed by atoms with Gasteiger partial charge in [-0.05, 0) is 34.7 Å². The monoisotopic (exact) mass is 308 g/mol. The molecule has 0 saturated carbocycles. The lowest BCUT2D eigenvalue weighted by Gasteiger charge is -2.04. The van der Waals surface area contributed by atoms with E-state index >= 15 is 0 Å². The third kappa shape index (κ3) is 2.09. The van der Waals surface area contributed by atoms with Crippen LogP contribution in [0.4, 0.5) is 5.69 Å². The van der Waals surface area contributed by atoms with Crippen molar-refractivity contribution >= 4 is 16.7 Å². The Morgan fingerprint density at radius 3 is 2.48 bits per heavy atom. The summed E-state index contributed by atoms with van der Waals surface area (Å²) in [4.78, 5) is 10.3. The normalized spacial score (nSPS) is 11.0. The standard InChI is InChI=1S/C13H8N8O2/c22-21(23)10-7-5-9(6-8-10)19-13(15-16-18-19)20-12-4-2-1-3-11(12)14-17-20/h1-8H. The van der Waals surface area contributed by atoms with E-state index in [1.54, 1.807) is 12.1 Å². The van der Waals surface area contributed by atoms with Gasteiger partial charge in [-0.25, -0.2) is 0 Å². The summed E-state index contributed by atoms with van der Waals surface area (Å²) < 4.78 is 2.95. The summed E-state index contributed by atoms with van der Waals surface area (Å²) in [6.45, 7) is 0. The largest absolute Gasteiger partial charge is 0.277 e. The molecule has 0 aliphatic rings. The number of hydrogen-bond acceptors (Lipinski definition) is 7. The third-order valence-corrected chi connectivity index (χ3v) is 3.30. The minimum atomic E-state index is -0.463. The molecule has 2 aromatic heterocycles. The van der Waals surface area contributed by atoms with E-state index in [9.17, 15) is 10.1 Å². The zero-order valence-corrected chi connectivity index (χ0v) is 11.5. The number of rotatable bonds is 3. The number of nitrogens with zero attached hydrogens (tertiary/aromatic N) is 8. The van der Waals surface area contributed by atoms with Crippen LogP contribution in [0.3, 0.4) is 0 Å². The first-order chi connectivity index (χ1) is 11.2. The van der Waals surface area contributed by atoms with Gasteiger partial charge in [-0.1, -0.05) is 22.4 Å². The van der Waals surface area contributed by atoms with E-state index in [-0.39, 0.29) is 5.69 Å². The van der Waals surface area contributed by atoms with Crippen molar-refractivity contribution in [2.24, 2.45) is 0 Å². The van der Waals surface area contributed by atoms with Crippen LogP contribution >= 0.6 is 0 Å². The van der Waals surface area contributed by atoms with Gasteiger partial charge >= 0.3 is 0 Å². The second kappa shape index (κ2) is 4.94. The van der Waals surface area contributed by atoms with Gasteiger partial charge in [-0.15, -0.1) is 5.10 Å². The molecule has 0 radical (unpaired) electrons. The van der Waals surface area contributed by atoms with Gasteiger partial charge in [-0.3, -0.25) is 10.1 Å². The minimum Gasteiger partial charge on any atom is -0.258 e. The van der Waals surface area contributed by atoms with Crippen LogP contribution in [0, 0.1) is 10.1 Å². The molecule has 0 saturated heterocycles. The fourth-order valence-electron chi connectivity index (χ4n) is 2.21. The van der Waals surface area contributed by atoms with E-state index in [0.29, 0.717) is 17.2 Å². The summed E-state index contributed by atoms with van der Waals surface area (Å²) in [5, 5.41) is 30.4. The first-order valence-electron chi connectivity index (χ1n) is 6.58. The van der Waals surface area contributed by atoms with Crippen molar-refractivity contribution in [2.75, 3.05) is 0 Å². The predicted octanol–water partition coefficient (Wildman–Crippen LogP) is 1.30. The number of hydrogen-bond donors (Lipinski definition) is 0. The van der Waals surface area contributed by atoms with Gasteiger partial charge in [0.05, 0.1) is 16.1 Å². The van der Waals surface area contributed by atoms with E-state index in [1.165, 1.54) is 21.5 Å². The van der Waals surface area contributed by atoms with Gasteiger partial charge in [0.2, 0.25) is 0 Å². The Morgan fingerprint density at radius 2 is 1.70 bits per heavy atom. The number of para-hydroxylation sites is 1. The van der Waals surface area contributed by atoms with Crippen LogP contribution in [0.1, 0.15) is 0 Å². The van der Waals surface area contributed by atoms with Crippen LogP contribution in [-0.4, -0.2) is 40.1 Å². The number of nitro groups is 1. The highest BCUT2D eigenvalue weighted by atomic mass is 16.6. The summed E-state index contributed by atoms with van der Waals surface area (Å²) >= 11 is 0. The molecule has 23 heavy (non-hydrogen) atoms. The Hall–Kier alpha value is -3.69. The molecular weight excluding hydrogens is 300 g/mol. The molecule has 0 aliphatic carbocycles. The second-order valence-electron chi connectivity index (χ2n) is 4.65. The molecule has 0 aliphatic heterocycles. The van der Waals surface area contributed by atoms with Crippen LogP contribution in [0.5, 0.6) is 0 Å². The first-order valence-corrected chi connectivity index (χ1v) is 6.58. The molecule has 0 fully saturated rings. The van der Waals surface area contributed by atoms with E-state index < -0.39 is 4.92 Å². The van der Waals surface area contributed by atoms with Crippen LogP contribution in [0.15, 0.2) is 48.5 Å². The van der Waals surface area contributed by atoms with Gasteiger partial charge in [0.15, 0.2) is 0 Å². The summed E-state index contributed by atoms with van der Waals surface area (Å²) in [5.41, 5.74) is 2.04. The van der Waals surface area contributed by atoms with E-state index in [1.807, 2.05) is 24.3 Å². The van der Waals surface area contributed by atoms with E-state index in [2.05, 4.69) is 25.8 Å². The Kier molecular flexibility index (Phi) is 2.80. The highest BCUT2D eigenvalue weighted by Crippen LogP contribution is 2.18. The molecule has 0 atom stereocenters. The SMILES string of the molecule is O=[N+]([O-])c1ccc(-n2nnnc2-n2nnc3ccccc32)cc1. The van der Waals surface area contributed by atoms with Crippen molar-refractivity contribution < 1.29 is 4.92 Å². The topological polar surface area (TPSA) is 117 Å². The zero-order valence-electron chi connectivity index (χ0n) is 11.5. The predicted molar refractivity (Wildman–Crippen MR) is 78.2 cm³/mol. The average Bonchev–Trinajstić information content (AvgIpc) is 3.21. The second-order valence-corrected chi connectivity index (χ2v) is 4.65. The quantitative estimate of drug-likeness (QED) is 0.413. The van der Waals surface area contributed by atoms with E-state index in [4.69, 9.17) is 0 Å². The molecule has 0 N–H and O–H groups in total. The van der Waals surface area contributed by atoms with Gasteiger partial charge in [0.25, 0.3) is 11.6 Å². The molecule has 2 aromatic carbocycles. The molecule has 0 spiro atoms. The third-order valence-electron chi connectivity index (χ3n) is 3.30. The molecule has 0 unspecified atom stereocenters.